The van der Waals surface area contributed by atoms with Gasteiger partial charge in [-0.05, 0) is 69.8 Å². The molecule has 13 heavy (non-hydrogen) atoms. The normalized spacial score (nSPS) is 12.6. The molecule has 1 rings (SSSR count). The van der Waals surface area contributed by atoms with E-state index in [4.69, 9.17) is 0 Å². The van der Waals surface area contributed by atoms with E-state index in [0.29, 0.717) is 5.75 Å². The van der Waals surface area contributed by atoms with Crippen LogP contribution in [0.2, 0.25) is 0 Å². The summed E-state index contributed by atoms with van der Waals surface area (Å²) in [4.78, 5) is 0. The van der Waals surface area contributed by atoms with Crippen molar-refractivity contribution in [1.29, 1.82) is 0 Å². The van der Waals surface area contributed by atoms with Crippen LogP contribution >= 0.6 is 45.2 Å². The predicted octanol–water partition coefficient (Wildman–Crippen LogP) is 2.38. The molecule has 0 fully saturated rings. The van der Waals surface area contributed by atoms with E-state index in [1.165, 1.54) is 0 Å². The maximum atomic E-state index is 10.3. The summed E-state index contributed by atoms with van der Waals surface area (Å²) in [6.07, 6.45) is 0. The van der Waals surface area contributed by atoms with E-state index in [9.17, 15) is 8.76 Å². The Hall–Kier alpha value is 0.590. The molecule has 1 atom stereocenters. The Balaban J connectivity index is 3.08. The highest BCUT2D eigenvalue weighted by molar-refractivity contribution is 14.1. The standard InChI is InChI=1S/C7H6I2O3S/c1-4-2-6(9)7(3-5(4)8)12-13(10)11/h2-3H,1H3,(H,10,11)/p-1. The molecule has 0 radical (unpaired) electrons. The molecule has 0 aromatic heterocycles. The van der Waals surface area contributed by atoms with E-state index >= 15 is 0 Å². The lowest BCUT2D eigenvalue weighted by atomic mass is 10.2. The van der Waals surface area contributed by atoms with Crippen molar-refractivity contribution in [1.82, 2.24) is 0 Å². The van der Waals surface area contributed by atoms with Crippen LogP contribution in [0.3, 0.4) is 0 Å². The van der Waals surface area contributed by atoms with Crippen LogP contribution in [0.15, 0.2) is 12.1 Å². The van der Waals surface area contributed by atoms with Gasteiger partial charge < -0.3 is 8.74 Å². The van der Waals surface area contributed by atoms with Crippen molar-refractivity contribution < 1.29 is 12.9 Å². The quantitative estimate of drug-likeness (QED) is 0.543. The molecule has 1 aromatic rings. The first kappa shape index (κ1) is 11.7. The van der Waals surface area contributed by atoms with Gasteiger partial charge in [0, 0.05) is 3.57 Å². The molecular formula is C7H5I2O3S-. The second-order valence-electron chi connectivity index (χ2n) is 2.32. The van der Waals surface area contributed by atoms with Gasteiger partial charge >= 0.3 is 0 Å². The summed E-state index contributed by atoms with van der Waals surface area (Å²) in [6, 6.07) is 3.58. The molecule has 0 N–H and O–H groups in total. The number of aryl methyl sites for hydroxylation is 1. The molecule has 0 aliphatic rings. The topological polar surface area (TPSA) is 49.4 Å². The van der Waals surface area contributed by atoms with Crippen LogP contribution in [0, 0.1) is 14.1 Å². The Morgan fingerprint density at radius 2 is 2.00 bits per heavy atom. The molecular weight excluding hydrogens is 418 g/mol. The average Bonchev–Trinajstić information content (AvgIpc) is 1.99. The van der Waals surface area contributed by atoms with Crippen molar-refractivity contribution in [3.05, 3.63) is 24.8 Å². The maximum absolute atomic E-state index is 10.3. The lowest BCUT2D eigenvalue weighted by molar-refractivity contribution is 0.439. The highest BCUT2D eigenvalue weighted by atomic mass is 127. The molecule has 1 unspecified atom stereocenters. The molecule has 1 aromatic carbocycles. The zero-order valence-electron chi connectivity index (χ0n) is 6.54. The molecule has 0 spiro atoms. The van der Waals surface area contributed by atoms with Gasteiger partial charge in [-0.2, -0.15) is 0 Å². The summed E-state index contributed by atoms with van der Waals surface area (Å²) < 4.78 is 26.9. The average molecular weight is 423 g/mol. The van der Waals surface area contributed by atoms with Gasteiger partial charge in [-0.3, -0.25) is 0 Å². The molecule has 0 saturated heterocycles. The van der Waals surface area contributed by atoms with E-state index in [2.05, 4.69) is 26.8 Å². The fourth-order valence-corrected chi connectivity index (χ4v) is 2.37. The molecule has 0 heterocycles. The van der Waals surface area contributed by atoms with Crippen molar-refractivity contribution in [3.8, 4) is 5.75 Å². The van der Waals surface area contributed by atoms with Crippen molar-refractivity contribution in [3.63, 3.8) is 0 Å². The van der Waals surface area contributed by atoms with E-state index < -0.39 is 11.4 Å². The summed E-state index contributed by atoms with van der Waals surface area (Å²) in [5, 5.41) is 0. The van der Waals surface area contributed by atoms with Crippen molar-refractivity contribution in [2.24, 2.45) is 0 Å². The van der Waals surface area contributed by atoms with Crippen LogP contribution in [0.4, 0.5) is 0 Å². The molecule has 6 heteroatoms. The summed E-state index contributed by atoms with van der Waals surface area (Å²) in [6.45, 7) is 1.96. The predicted molar refractivity (Wildman–Crippen MR) is 66.2 cm³/mol. The van der Waals surface area contributed by atoms with Crippen LogP contribution in [0.25, 0.3) is 0 Å². The summed E-state index contributed by atoms with van der Waals surface area (Å²) in [7, 11) is 0. The minimum absolute atomic E-state index is 0.379. The van der Waals surface area contributed by atoms with E-state index in [-0.39, 0.29) is 0 Å². The van der Waals surface area contributed by atoms with Crippen LogP contribution in [-0.4, -0.2) is 8.76 Å². The molecule has 0 bridgehead atoms. The number of halogens is 2. The van der Waals surface area contributed by atoms with Gasteiger partial charge in [0.25, 0.3) is 0 Å². The number of rotatable bonds is 2. The Kier molecular flexibility index (Phi) is 4.39. The Labute approximate surface area is 106 Å². The van der Waals surface area contributed by atoms with Crippen LogP contribution in [0.5, 0.6) is 5.75 Å². The van der Waals surface area contributed by atoms with E-state index in [1.807, 2.05) is 35.6 Å². The second-order valence-corrected chi connectivity index (χ2v) is 5.22. The summed E-state index contributed by atoms with van der Waals surface area (Å²) in [5.41, 5.74) is 1.11. The third-order valence-electron chi connectivity index (χ3n) is 1.37. The summed E-state index contributed by atoms with van der Waals surface area (Å²) >= 11 is 1.66. The van der Waals surface area contributed by atoms with E-state index in [1.54, 1.807) is 6.07 Å². The Morgan fingerprint density at radius 1 is 1.38 bits per heavy atom. The first-order valence-electron chi connectivity index (χ1n) is 3.24. The van der Waals surface area contributed by atoms with Gasteiger partial charge in [0.1, 0.15) is 11.4 Å². The van der Waals surface area contributed by atoms with Gasteiger partial charge in [-0.15, -0.1) is 0 Å². The molecule has 72 valence electrons. The van der Waals surface area contributed by atoms with Crippen molar-refractivity contribution in [2.75, 3.05) is 0 Å². The van der Waals surface area contributed by atoms with Crippen LogP contribution < -0.4 is 4.18 Å². The number of hydrogen-bond donors (Lipinski definition) is 0. The maximum Gasteiger partial charge on any atom is 0.153 e. The monoisotopic (exact) mass is 423 g/mol. The van der Waals surface area contributed by atoms with Gasteiger partial charge in [0.15, 0.2) is 5.75 Å². The highest BCUT2D eigenvalue weighted by Crippen LogP contribution is 2.26. The fraction of sp³-hybridized carbons (Fsp3) is 0.143. The lowest BCUT2D eigenvalue weighted by Crippen LogP contribution is -2.00. The van der Waals surface area contributed by atoms with Crippen molar-refractivity contribution in [2.45, 2.75) is 6.92 Å². The summed E-state index contributed by atoms with van der Waals surface area (Å²) in [5.74, 6) is 0.379. The minimum Gasteiger partial charge on any atom is -0.740 e. The molecule has 3 nitrogen and oxygen atoms in total. The second kappa shape index (κ2) is 4.89. The lowest BCUT2D eigenvalue weighted by Gasteiger charge is -2.10. The SMILES string of the molecule is Cc1cc(I)c(OS(=O)[O-])cc1I. The van der Waals surface area contributed by atoms with Crippen LogP contribution in [-0.2, 0) is 11.4 Å². The first-order chi connectivity index (χ1) is 6.00. The van der Waals surface area contributed by atoms with Gasteiger partial charge in [-0.25, -0.2) is 4.21 Å². The molecule has 0 aliphatic heterocycles. The Bertz CT molecular complexity index is 354. The fourth-order valence-electron chi connectivity index (χ4n) is 0.765. The zero-order chi connectivity index (χ0) is 10.0. The highest BCUT2D eigenvalue weighted by Gasteiger charge is 2.04. The molecule has 0 amide bonds. The largest absolute Gasteiger partial charge is 0.740 e. The molecule has 0 aliphatic carbocycles. The third-order valence-corrected chi connectivity index (χ3v) is 3.69. The van der Waals surface area contributed by atoms with Gasteiger partial charge in [0.05, 0.1) is 3.57 Å². The number of benzene rings is 1. The Morgan fingerprint density at radius 3 is 2.54 bits per heavy atom. The van der Waals surface area contributed by atoms with Gasteiger partial charge in [0.2, 0.25) is 0 Å². The van der Waals surface area contributed by atoms with Gasteiger partial charge in [-0.1, -0.05) is 0 Å². The molecule has 0 saturated carbocycles. The zero-order valence-corrected chi connectivity index (χ0v) is 11.7. The van der Waals surface area contributed by atoms with Crippen LogP contribution in [0.1, 0.15) is 5.56 Å². The third kappa shape index (κ3) is 3.33. The minimum atomic E-state index is -2.50. The number of hydrogen-bond acceptors (Lipinski definition) is 3. The first-order valence-corrected chi connectivity index (χ1v) is 6.39. The van der Waals surface area contributed by atoms with Crippen molar-refractivity contribution >= 4 is 56.5 Å². The van der Waals surface area contributed by atoms with E-state index in [0.717, 1.165) is 12.7 Å². The smallest absolute Gasteiger partial charge is 0.153 e.